The number of likely N-dealkylation sites (tertiary alicyclic amines) is 1. The number of carbonyl (C=O) groups is 1. The molecule has 1 aliphatic heterocycles. The van der Waals surface area contributed by atoms with E-state index in [4.69, 9.17) is 4.98 Å². The molecule has 0 saturated carbocycles. The molecule has 1 N–H and O–H groups in total. The van der Waals surface area contributed by atoms with E-state index >= 15 is 0 Å². The van der Waals surface area contributed by atoms with Gasteiger partial charge in [0, 0.05) is 35.8 Å². The van der Waals surface area contributed by atoms with Crippen molar-refractivity contribution in [3.63, 3.8) is 0 Å². The molecule has 1 saturated heterocycles. The van der Waals surface area contributed by atoms with Crippen molar-refractivity contribution in [2.24, 2.45) is 0 Å². The van der Waals surface area contributed by atoms with Crippen LogP contribution in [-0.4, -0.2) is 32.9 Å². The predicted octanol–water partition coefficient (Wildman–Crippen LogP) is 4.27. The molecule has 1 fully saturated rings. The van der Waals surface area contributed by atoms with Crippen molar-refractivity contribution in [2.75, 3.05) is 6.54 Å². The largest absolute Gasteiger partial charge is 0.334 e. The van der Waals surface area contributed by atoms with Gasteiger partial charge in [-0.15, -0.1) is 11.3 Å². The molecule has 6 heteroatoms. The lowest BCUT2D eigenvalue weighted by molar-refractivity contribution is -0.133. The second-order valence-corrected chi connectivity index (χ2v) is 8.82. The molecule has 28 heavy (non-hydrogen) atoms. The molecule has 3 aromatic rings. The summed E-state index contributed by atoms with van der Waals surface area (Å²) in [6.45, 7) is 8.41. The van der Waals surface area contributed by atoms with Crippen molar-refractivity contribution in [2.45, 2.75) is 58.8 Å². The second-order valence-electron chi connectivity index (χ2n) is 7.50. The number of para-hydroxylation sites is 2. The third-order valence-corrected chi connectivity index (χ3v) is 6.73. The topological polar surface area (TPSA) is 50.2 Å². The van der Waals surface area contributed by atoms with Gasteiger partial charge in [0.2, 0.25) is 5.91 Å². The highest BCUT2D eigenvalue weighted by molar-refractivity contribution is 7.12. The van der Waals surface area contributed by atoms with Crippen molar-refractivity contribution in [3.05, 3.63) is 52.0 Å². The Kier molecular flexibility index (Phi) is 5.51. The third-order valence-electron chi connectivity index (χ3n) is 5.66. The normalized spacial score (nSPS) is 20.0. The number of aromatic nitrogens is 2. The number of imidazole rings is 1. The first-order valence-electron chi connectivity index (χ1n) is 10.1. The Morgan fingerprint density at radius 2 is 2.11 bits per heavy atom. The fraction of sp³-hybridized carbons (Fsp3) is 0.455. The molecular formula is C22H28N4OS. The fourth-order valence-electron chi connectivity index (χ4n) is 4.36. The van der Waals surface area contributed by atoms with Gasteiger partial charge in [-0.3, -0.25) is 4.79 Å². The van der Waals surface area contributed by atoms with Gasteiger partial charge in [0.1, 0.15) is 5.82 Å². The van der Waals surface area contributed by atoms with Gasteiger partial charge in [0.05, 0.1) is 23.6 Å². The predicted molar refractivity (Wildman–Crippen MR) is 114 cm³/mol. The van der Waals surface area contributed by atoms with Crippen molar-refractivity contribution in [1.29, 1.82) is 0 Å². The minimum atomic E-state index is 0.101. The Morgan fingerprint density at radius 3 is 2.82 bits per heavy atom. The maximum absolute atomic E-state index is 12.3. The number of hydrogen-bond acceptors (Lipinski definition) is 4. The van der Waals surface area contributed by atoms with Crippen LogP contribution in [0, 0.1) is 6.92 Å². The molecule has 0 unspecified atom stereocenters. The summed E-state index contributed by atoms with van der Waals surface area (Å²) in [6, 6.07) is 13.0. The number of benzene rings is 1. The van der Waals surface area contributed by atoms with Crippen LogP contribution in [0.3, 0.4) is 0 Å². The number of hydrogen-bond donors (Lipinski definition) is 1. The highest BCUT2D eigenvalue weighted by Crippen LogP contribution is 2.35. The summed E-state index contributed by atoms with van der Waals surface area (Å²) in [5.74, 6) is 1.22. The first kappa shape index (κ1) is 19.2. The minimum Gasteiger partial charge on any atom is -0.334 e. The molecule has 3 heterocycles. The average molecular weight is 397 g/mol. The Bertz CT molecular complexity index is 976. The maximum atomic E-state index is 12.3. The van der Waals surface area contributed by atoms with Crippen LogP contribution in [-0.2, 0) is 17.9 Å². The Morgan fingerprint density at radius 1 is 1.29 bits per heavy atom. The van der Waals surface area contributed by atoms with Crippen LogP contribution >= 0.6 is 11.3 Å². The molecule has 1 amide bonds. The van der Waals surface area contributed by atoms with Crippen LogP contribution in [0.15, 0.2) is 36.4 Å². The number of piperidine rings is 1. The Labute approximate surface area is 170 Å². The number of nitrogens with zero attached hydrogens (tertiary/aromatic N) is 3. The molecule has 0 bridgehead atoms. The van der Waals surface area contributed by atoms with Crippen LogP contribution in [0.5, 0.6) is 0 Å². The first-order valence-corrected chi connectivity index (χ1v) is 10.9. The highest BCUT2D eigenvalue weighted by Gasteiger charge is 2.35. The summed E-state index contributed by atoms with van der Waals surface area (Å²) in [6.07, 6.45) is 2.10. The Hall–Kier alpha value is -2.18. The van der Waals surface area contributed by atoms with Gasteiger partial charge in [0.15, 0.2) is 0 Å². The highest BCUT2D eigenvalue weighted by atomic mass is 32.1. The summed E-state index contributed by atoms with van der Waals surface area (Å²) in [7, 11) is 0. The van der Waals surface area contributed by atoms with Crippen molar-refractivity contribution < 1.29 is 4.79 Å². The summed E-state index contributed by atoms with van der Waals surface area (Å²) >= 11 is 1.80. The fourth-order valence-corrected chi connectivity index (χ4v) is 5.42. The standard InChI is InChI=1S/C22H28N4OS/c1-4-25-19-10-6-5-8-17(19)24-21(25)14-23-18-9-7-13-26(16(3)27)22(18)20-12-11-15(2)28-20/h5-6,8,10-12,18,22-23H,4,7,9,13-14H2,1-3H3/t18-,22-/m1/s1. The quantitative estimate of drug-likeness (QED) is 0.701. The van der Waals surface area contributed by atoms with E-state index < -0.39 is 0 Å². The first-order chi connectivity index (χ1) is 13.6. The van der Waals surface area contributed by atoms with Gasteiger partial charge in [-0.05, 0) is 51.0 Å². The zero-order valence-corrected chi connectivity index (χ0v) is 17.6. The van der Waals surface area contributed by atoms with Crippen LogP contribution in [0.25, 0.3) is 11.0 Å². The van der Waals surface area contributed by atoms with E-state index in [0.29, 0.717) is 6.54 Å². The second kappa shape index (κ2) is 8.05. The number of nitrogens with one attached hydrogen (secondary N) is 1. The van der Waals surface area contributed by atoms with E-state index in [2.05, 4.69) is 54.1 Å². The van der Waals surface area contributed by atoms with E-state index in [1.165, 1.54) is 15.3 Å². The lowest BCUT2D eigenvalue weighted by Crippen LogP contribution is -2.49. The maximum Gasteiger partial charge on any atom is 0.220 e. The molecule has 5 nitrogen and oxygen atoms in total. The number of amides is 1. The molecule has 0 aliphatic carbocycles. The van der Waals surface area contributed by atoms with Crippen molar-refractivity contribution >= 4 is 28.3 Å². The van der Waals surface area contributed by atoms with Gasteiger partial charge in [0.25, 0.3) is 0 Å². The van der Waals surface area contributed by atoms with Crippen LogP contribution in [0.1, 0.15) is 48.3 Å². The zero-order chi connectivity index (χ0) is 19.7. The van der Waals surface area contributed by atoms with E-state index in [1.807, 2.05) is 11.0 Å². The van der Waals surface area contributed by atoms with E-state index in [-0.39, 0.29) is 18.0 Å². The zero-order valence-electron chi connectivity index (χ0n) is 16.8. The van der Waals surface area contributed by atoms with Crippen LogP contribution in [0.2, 0.25) is 0 Å². The lowest BCUT2D eigenvalue weighted by Gasteiger charge is -2.41. The summed E-state index contributed by atoms with van der Waals surface area (Å²) in [4.78, 5) is 21.8. The summed E-state index contributed by atoms with van der Waals surface area (Å²) in [5.41, 5.74) is 2.22. The molecule has 0 radical (unpaired) electrons. The van der Waals surface area contributed by atoms with Crippen LogP contribution in [0.4, 0.5) is 0 Å². The number of carbonyl (C=O) groups excluding carboxylic acids is 1. The van der Waals surface area contributed by atoms with E-state index in [0.717, 1.165) is 37.3 Å². The number of rotatable bonds is 5. The van der Waals surface area contributed by atoms with Gasteiger partial charge >= 0.3 is 0 Å². The molecule has 2 atom stereocenters. The van der Waals surface area contributed by atoms with Gasteiger partial charge in [-0.2, -0.15) is 0 Å². The SMILES string of the molecule is CCn1c(CN[C@@H]2CCCN(C(C)=O)[C@H]2c2ccc(C)s2)nc2ccccc21. The molecule has 1 aliphatic rings. The number of aryl methyl sites for hydroxylation is 2. The molecule has 1 aromatic carbocycles. The molecular weight excluding hydrogens is 368 g/mol. The monoisotopic (exact) mass is 396 g/mol. The summed E-state index contributed by atoms with van der Waals surface area (Å²) in [5, 5.41) is 3.75. The van der Waals surface area contributed by atoms with Gasteiger partial charge in [-0.25, -0.2) is 4.98 Å². The molecule has 0 spiro atoms. The van der Waals surface area contributed by atoms with Crippen molar-refractivity contribution in [3.8, 4) is 0 Å². The summed E-state index contributed by atoms with van der Waals surface area (Å²) < 4.78 is 2.28. The molecule has 148 valence electrons. The minimum absolute atomic E-state index is 0.101. The van der Waals surface area contributed by atoms with E-state index in [1.54, 1.807) is 18.3 Å². The number of thiophene rings is 1. The van der Waals surface area contributed by atoms with Crippen LogP contribution < -0.4 is 5.32 Å². The third kappa shape index (κ3) is 3.59. The smallest absolute Gasteiger partial charge is 0.220 e. The Balaban J connectivity index is 1.59. The average Bonchev–Trinajstić information content (AvgIpc) is 3.28. The van der Waals surface area contributed by atoms with E-state index in [9.17, 15) is 4.79 Å². The molecule has 2 aromatic heterocycles. The molecule has 4 rings (SSSR count). The van der Waals surface area contributed by atoms with Gasteiger partial charge in [-0.1, -0.05) is 12.1 Å². The number of fused-ring (bicyclic) bond motifs is 1. The van der Waals surface area contributed by atoms with Crippen molar-refractivity contribution in [1.82, 2.24) is 19.8 Å². The van der Waals surface area contributed by atoms with Gasteiger partial charge < -0.3 is 14.8 Å². The lowest BCUT2D eigenvalue weighted by atomic mass is 9.94.